The van der Waals surface area contributed by atoms with Gasteiger partial charge in [-0.05, 0) is 18.2 Å². The van der Waals surface area contributed by atoms with E-state index in [0.29, 0.717) is 11.4 Å². The Morgan fingerprint density at radius 2 is 2.06 bits per heavy atom. The minimum Gasteiger partial charge on any atom is -0.291 e. The second-order valence-corrected chi connectivity index (χ2v) is 4.76. The molecule has 1 saturated heterocycles. The molecule has 0 atom stereocenters. The summed E-state index contributed by atoms with van der Waals surface area (Å²) in [6.07, 6.45) is 0.211. The van der Waals surface area contributed by atoms with E-state index in [1.807, 2.05) is 5.48 Å². The Kier molecular flexibility index (Phi) is 2.63. The van der Waals surface area contributed by atoms with Crippen molar-refractivity contribution in [1.82, 2.24) is 0 Å². The van der Waals surface area contributed by atoms with Gasteiger partial charge in [-0.15, -0.1) is 0 Å². The lowest BCUT2D eigenvalue weighted by molar-refractivity contribution is -0.124. The van der Waals surface area contributed by atoms with Crippen LogP contribution in [0.1, 0.15) is 20.3 Å². The molecular formula is C12H14N2O3. The van der Waals surface area contributed by atoms with E-state index in [-0.39, 0.29) is 18.2 Å². The Hall–Kier alpha value is -1.88. The maximum Gasteiger partial charge on any atom is 0.239 e. The van der Waals surface area contributed by atoms with Crippen LogP contribution < -0.4 is 10.4 Å². The van der Waals surface area contributed by atoms with Gasteiger partial charge >= 0.3 is 0 Å². The first-order valence-corrected chi connectivity index (χ1v) is 5.33. The van der Waals surface area contributed by atoms with Crippen molar-refractivity contribution in [3.8, 4) is 0 Å². The molecule has 1 aromatic rings. The van der Waals surface area contributed by atoms with E-state index in [2.05, 4.69) is 0 Å². The highest BCUT2D eigenvalue weighted by Gasteiger charge is 2.45. The van der Waals surface area contributed by atoms with Crippen molar-refractivity contribution in [3.05, 3.63) is 24.3 Å². The summed E-state index contributed by atoms with van der Waals surface area (Å²) in [4.78, 5) is 25.0. The molecule has 17 heavy (non-hydrogen) atoms. The summed E-state index contributed by atoms with van der Waals surface area (Å²) in [6, 6.07) is 6.52. The van der Waals surface area contributed by atoms with E-state index < -0.39 is 5.41 Å². The van der Waals surface area contributed by atoms with Crippen molar-refractivity contribution in [1.29, 1.82) is 0 Å². The SMILES string of the molecule is CC1(C)CC(=O)N(c2cccc(NO)c2)C1=O. The third-order valence-corrected chi connectivity index (χ3v) is 2.86. The Morgan fingerprint density at radius 3 is 2.59 bits per heavy atom. The third-order valence-electron chi connectivity index (χ3n) is 2.86. The first-order chi connectivity index (χ1) is 7.95. The van der Waals surface area contributed by atoms with Gasteiger partial charge in [-0.3, -0.25) is 20.3 Å². The van der Waals surface area contributed by atoms with Gasteiger partial charge < -0.3 is 0 Å². The van der Waals surface area contributed by atoms with Crippen LogP contribution in [0.5, 0.6) is 0 Å². The van der Waals surface area contributed by atoms with Gasteiger partial charge in [0.05, 0.1) is 16.8 Å². The summed E-state index contributed by atoms with van der Waals surface area (Å²) in [6.45, 7) is 3.50. The van der Waals surface area contributed by atoms with Gasteiger partial charge in [0, 0.05) is 6.42 Å². The van der Waals surface area contributed by atoms with Crippen molar-refractivity contribution in [2.24, 2.45) is 5.41 Å². The van der Waals surface area contributed by atoms with Crippen LogP contribution >= 0.6 is 0 Å². The van der Waals surface area contributed by atoms with E-state index in [4.69, 9.17) is 5.21 Å². The third kappa shape index (κ3) is 1.89. The summed E-state index contributed by atoms with van der Waals surface area (Å²) >= 11 is 0. The number of rotatable bonds is 2. The van der Waals surface area contributed by atoms with E-state index in [0.717, 1.165) is 0 Å². The van der Waals surface area contributed by atoms with Crippen molar-refractivity contribution in [2.75, 3.05) is 10.4 Å². The largest absolute Gasteiger partial charge is 0.291 e. The predicted octanol–water partition coefficient (Wildman–Crippen LogP) is 1.78. The van der Waals surface area contributed by atoms with Crippen molar-refractivity contribution < 1.29 is 14.8 Å². The van der Waals surface area contributed by atoms with Crippen molar-refractivity contribution in [3.63, 3.8) is 0 Å². The quantitative estimate of drug-likeness (QED) is 0.604. The monoisotopic (exact) mass is 234 g/mol. The molecule has 1 fully saturated rings. The molecule has 0 bridgehead atoms. The van der Waals surface area contributed by atoms with E-state index in [9.17, 15) is 9.59 Å². The molecule has 1 aliphatic heterocycles. The highest BCUT2D eigenvalue weighted by Crippen LogP contribution is 2.35. The van der Waals surface area contributed by atoms with Gasteiger partial charge in [0.15, 0.2) is 0 Å². The molecule has 1 aliphatic rings. The average molecular weight is 234 g/mol. The fourth-order valence-corrected chi connectivity index (χ4v) is 1.92. The van der Waals surface area contributed by atoms with E-state index >= 15 is 0 Å². The topological polar surface area (TPSA) is 69.6 Å². The molecule has 1 aromatic carbocycles. The van der Waals surface area contributed by atoms with Crippen LogP contribution in [0.4, 0.5) is 11.4 Å². The standard InChI is InChI=1S/C12H14N2O3/c1-12(2)7-10(15)14(11(12)16)9-5-3-4-8(6-9)13-17/h3-6,13,17H,7H2,1-2H3. The molecule has 0 radical (unpaired) electrons. The summed E-state index contributed by atoms with van der Waals surface area (Å²) in [5.74, 6) is -0.423. The number of imide groups is 1. The molecule has 5 nitrogen and oxygen atoms in total. The fraction of sp³-hybridized carbons (Fsp3) is 0.333. The smallest absolute Gasteiger partial charge is 0.239 e. The summed E-state index contributed by atoms with van der Waals surface area (Å²) in [5.41, 5.74) is 2.25. The maximum atomic E-state index is 12.1. The second-order valence-electron chi connectivity index (χ2n) is 4.76. The molecule has 0 spiro atoms. The summed E-state index contributed by atoms with van der Waals surface area (Å²) < 4.78 is 0. The lowest BCUT2D eigenvalue weighted by Crippen LogP contribution is -2.32. The van der Waals surface area contributed by atoms with Crippen LogP contribution in [-0.2, 0) is 9.59 Å². The molecule has 5 heteroatoms. The normalized spacial score (nSPS) is 18.6. The van der Waals surface area contributed by atoms with Crippen LogP contribution in [0.25, 0.3) is 0 Å². The minimum absolute atomic E-state index is 0.211. The van der Waals surface area contributed by atoms with Gasteiger partial charge in [-0.1, -0.05) is 19.9 Å². The molecule has 0 unspecified atom stereocenters. The van der Waals surface area contributed by atoms with E-state index in [1.54, 1.807) is 38.1 Å². The Labute approximate surface area is 99.0 Å². The van der Waals surface area contributed by atoms with Gasteiger partial charge in [0.25, 0.3) is 0 Å². The number of carbonyl (C=O) groups is 2. The number of nitrogens with zero attached hydrogens (tertiary/aromatic N) is 1. The molecule has 0 aliphatic carbocycles. The van der Waals surface area contributed by atoms with Gasteiger partial charge in [0.2, 0.25) is 11.8 Å². The zero-order valence-electron chi connectivity index (χ0n) is 9.73. The second kappa shape index (κ2) is 3.85. The average Bonchev–Trinajstić information content (AvgIpc) is 2.48. The Morgan fingerprint density at radius 1 is 1.35 bits per heavy atom. The number of hydrogen-bond donors (Lipinski definition) is 2. The molecule has 0 saturated carbocycles. The summed E-state index contributed by atoms with van der Waals surface area (Å²) in [5, 5.41) is 8.80. The van der Waals surface area contributed by atoms with Gasteiger partial charge in [-0.2, -0.15) is 0 Å². The van der Waals surface area contributed by atoms with Gasteiger partial charge in [0.1, 0.15) is 0 Å². The number of amides is 2. The lowest BCUT2D eigenvalue weighted by Gasteiger charge is -2.18. The first-order valence-electron chi connectivity index (χ1n) is 5.33. The predicted molar refractivity (Wildman–Crippen MR) is 62.7 cm³/mol. The molecule has 1 heterocycles. The van der Waals surface area contributed by atoms with Crippen molar-refractivity contribution in [2.45, 2.75) is 20.3 Å². The fourth-order valence-electron chi connectivity index (χ4n) is 1.92. The number of hydrogen-bond acceptors (Lipinski definition) is 4. The number of nitrogens with one attached hydrogen (secondary N) is 1. The summed E-state index contributed by atoms with van der Waals surface area (Å²) in [7, 11) is 0. The molecule has 2 rings (SSSR count). The molecule has 2 N–H and O–H groups in total. The minimum atomic E-state index is -0.653. The molecule has 90 valence electrons. The molecule has 2 amide bonds. The van der Waals surface area contributed by atoms with Crippen LogP contribution in [0.2, 0.25) is 0 Å². The van der Waals surface area contributed by atoms with Crippen molar-refractivity contribution >= 4 is 23.2 Å². The lowest BCUT2D eigenvalue weighted by atomic mass is 9.92. The van der Waals surface area contributed by atoms with Crippen LogP contribution in [0.15, 0.2) is 24.3 Å². The Bertz CT molecular complexity index is 482. The first kappa shape index (κ1) is 11.6. The van der Waals surface area contributed by atoms with E-state index in [1.165, 1.54) is 4.90 Å². The van der Waals surface area contributed by atoms with Crippen LogP contribution in [0, 0.1) is 5.41 Å². The van der Waals surface area contributed by atoms with Crippen LogP contribution in [-0.4, -0.2) is 17.0 Å². The zero-order valence-corrected chi connectivity index (χ0v) is 9.73. The number of benzene rings is 1. The number of carbonyl (C=O) groups excluding carboxylic acids is 2. The molecular weight excluding hydrogens is 220 g/mol. The Balaban J connectivity index is 2.40. The highest BCUT2D eigenvalue weighted by atomic mass is 16.5. The zero-order chi connectivity index (χ0) is 12.6. The molecule has 0 aromatic heterocycles. The van der Waals surface area contributed by atoms with Crippen LogP contribution in [0.3, 0.4) is 0 Å². The highest BCUT2D eigenvalue weighted by molar-refractivity contribution is 6.22. The maximum absolute atomic E-state index is 12.1. The number of anilines is 2. The van der Waals surface area contributed by atoms with Gasteiger partial charge in [-0.25, -0.2) is 4.90 Å².